The smallest absolute Gasteiger partial charge is 0.278 e. The standard InChI is InChI=1S/C15H16ClN3O/c1-3-19(12-7-5-4-6-10(12)2)15(20)14-11(16)8-9-13(17)18-14/h4-9H,3H2,1-2H3,(H2,17,18). The van der Waals surface area contributed by atoms with E-state index in [1.165, 1.54) is 0 Å². The Kier molecular flexibility index (Phi) is 4.25. The number of nitrogens with two attached hydrogens (primary N) is 1. The third-order valence-electron chi connectivity index (χ3n) is 3.04. The Hall–Kier alpha value is -2.07. The van der Waals surface area contributed by atoms with Crippen molar-refractivity contribution in [2.24, 2.45) is 0 Å². The average molecular weight is 290 g/mol. The van der Waals surface area contributed by atoms with Crippen molar-refractivity contribution in [1.82, 2.24) is 4.98 Å². The first-order chi connectivity index (χ1) is 9.54. The normalized spacial score (nSPS) is 10.3. The second kappa shape index (κ2) is 5.92. The van der Waals surface area contributed by atoms with Crippen LogP contribution in [-0.4, -0.2) is 17.4 Å². The van der Waals surface area contributed by atoms with Crippen molar-refractivity contribution in [3.8, 4) is 0 Å². The fourth-order valence-electron chi connectivity index (χ4n) is 2.02. The number of pyridine rings is 1. The van der Waals surface area contributed by atoms with Gasteiger partial charge in [0.15, 0.2) is 0 Å². The van der Waals surface area contributed by atoms with Gasteiger partial charge in [0.25, 0.3) is 5.91 Å². The van der Waals surface area contributed by atoms with Crippen LogP contribution in [0.4, 0.5) is 11.5 Å². The monoisotopic (exact) mass is 289 g/mol. The lowest BCUT2D eigenvalue weighted by molar-refractivity contribution is 0.0983. The molecule has 104 valence electrons. The van der Waals surface area contributed by atoms with Crippen molar-refractivity contribution in [1.29, 1.82) is 0 Å². The number of hydrogen-bond donors (Lipinski definition) is 1. The molecule has 0 bridgehead atoms. The van der Waals surface area contributed by atoms with Crippen LogP contribution in [0.1, 0.15) is 23.0 Å². The number of nitrogen functional groups attached to an aromatic ring is 1. The number of carbonyl (C=O) groups is 1. The van der Waals surface area contributed by atoms with E-state index in [-0.39, 0.29) is 17.4 Å². The summed E-state index contributed by atoms with van der Waals surface area (Å²) in [7, 11) is 0. The molecule has 0 aliphatic rings. The number of aromatic nitrogens is 1. The Labute approximate surface area is 123 Å². The largest absolute Gasteiger partial charge is 0.384 e. The highest BCUT2D eigenvalue weighted by molar-refractivity contribution is 6.34. The van der Waals surface area contributed by atoms with Crippen molar-refractivity contribution >= 4 is 29.0 Å². The zero-order valence-corrected chi connectivity index (χ0v) is 12.2. The lowest BCUT2D eigenvalue weighted by atomic mass is 10.1. The van der Waals surface area contributed by atoms with Crippen LogP contribution in [0, 0.1) is 6.92 Å². The molecule has 4 nitrogen and oxygen atoms in total. The molecule has 20 heavy (non-hydrogen) atoms. The van der Waals surface area contributed by atoms with Crippen molar-refractivity contribution in [3.05, 3.63) is 52.7 Å². The van der Waals surface area contributed by atoms with Crippen LogP contribution in [0.2, 0.25) is 5.02 Å². The van der Waals surface area contributed by atoms with E-state index in [9.17, 15) is 4.79 Å². The number of aryl methyl sites for hydroxylation is 1. The van der Waals surface area contributed by atoms with Gasteiger partial charge in [-0.3, -0.25) is 4.79 Å². The molecule has 1 heterocycles. The van der Waals surface area contributed by atoms with E-state index in [0.717, 1.165) is 11.3 Å². The zero-order valence-electron chi connectivity index (χ0n) is 11.4. The molecule has 2 N–H and O–H groups in total. The summed E-state index contributed by atoms with van der Waals surface area (Å²) < 4.78 is 0. The van der Waals surface area contributed by atoms with Gasteiger partial charge < -0.3 is 10.6 Å². The maximum absolute atomic E-state index is 12.6. The molecule has 1 amide bonds. The van der Waals surface area contributed by atoms with Gasteiger partial charge in [0, 0.05) is 12.2 Å². The third kappa shape index (κ3) is 2.75. The third-order valence-corrected chi connectivity index (χ3v) is 3.34. The van der Waals surface area contributed by atoms with Gasteiger partial charge in [-0.25, -0.2) is 4.98 Å². The lowest BCUT2D eigenvalue weighted by Gasteiger charge is -2.23. The quantitative estimate of drug-likeness (QED) is 0.943. The number of carbonyl (C=O) groups excluding carboxylic acids is 1. The van der Waals surface area contributed by atoms with Crippen LogP contribution in [0.3, 0.4) is 0 Å². The van der Waals surface area contributed by atoms with E-state index in [1.807, 2.05) is 38.1 Å². The highest BCUT2D eigenvalue weighted by Gasteiger charge is 2.21. The molecule has 0 unspecified atom stereocenters. The van der Waals surface area contributed by atoms with E-state index >= 15 is 0 Å². The first-order valence-corrected chi connectivity index (χ1v) is 6.72. The first-order valence-electron chi connectivity index (χ1n) is 6.34. The summed E-state index contributed by atoms with van der Waals surface area (Å²) in [4.78, 5) is 18.3. The van der Waals surface area contributed by atoms with E-state index in [2.05, 4.69) is 4.98 Å². The van der Waals surface area contributed by atoms with Crippen LogP contribution in [-0.2, 0) is 0 Å². The molecule has 2 rings (SSSR count). The van der Waals surface area contributed by atoms with Gasteiger partial charge in [0.1, 0.15) is 11.5 Å². The SMILES string of the molecule is CCN(C(=O)c1nc(N)ccc1Cl)c1ccccc1C. The summed E-state index contributed by atoms with van der Waals surface area (Å²) in [5, 5.41) is 0.302. The molecule has 2 aromatic rings. The highest BCUT2D eigenvalue weighted by Crippen LogP contribution is 2.24. The van der Waals surface area contributed by atoms with Gasteiger partial charge in [0.2, 0.25) is 0 Å². The predicted octanol–water partition coefficient (Wildman–Crippen LogP) is 3.29. The molecule has 0 atom stereocenters. The second-order valence-corrected chi connectivity index (χ2v) is 4.81. The fraction of sp³-hybridized carbons (Fsp3) is 0.200. The molecule has 0 saturated carbocycles. The summed E-state index contributed by atoms with van der Waals surface area (Å²) in [6.45, 7) is 4.39. The second-order valence-electron chi connectivity index (χ2n) is 4.40. The van der Waals surface area contributed by atoms with Crippen LogP contribution in [0.5, 0.6) is 0 Å². The number of para-hydroxylation sites is 1. The summed E-state index contributed by atoms with van der Waals surface area (Å²) in [5.41, 5.74) is 7.68. The number of nitrogens with zero attached hydrogens (tertiary/aromatic N) is 2. The summed E-state index contributed by atoms with van der Waals surface area (Å²) in [6, 6.07) is 10.8. The van der Waals surface area contributed by atoms with E-state index in [1.54, 1.807) is 17.0 Å². The maximum atomic E-state index is 12.6. The lowest BCUT2D eigenvalue weighted by Crippen LogP contribution is -2.32. The van der Waals surface area contributed by atoms with Crippen LogP contribution < -0.4 is 10.6 Å². The highest BCUT2D eigenvalue weighted by atomic mass is 35.5. The zero-order chi connectivity index (χ0) is 14.7. The molecular formula is C15H16ClN3O. The molecule has 0 spiro atoms. The minimum Gasteiger partial charge on any atom is -0.384 e. The van der Waals surface area contributed by atoms with Gasteiger partial charge >= 0.3 is 0 Å². The number of anilines is 2. The van der Waals surface area contributed by atoms with E-state index < -0.39 is 0 Å². The van der Waals surface area contributed by atoms with Gasteiger partial charge in [-0.1, -0.05) is 29.8 Å². The number of hydrogen-bond acceptors (Lipinski definition) is 3. The van der Waals surface area contributed by atoms with E-state index in [0.29, 0.717) is 11.6 Å². The van der Waals surface area contributed by atoms with Crippen LogP contribution in [0.25, 0.3) is 0 Å². The number of halogens is 1. The summed E-state index contributed by atoms with van der Waals surface area (Å²) >= 11 is 6.05. The summed E-state index contributed by atoms with van der Waals surface area (Å²) in [6.07, 6.45) is 0. The molecule has 0 radical (unpaired) electrons. The van der Waals surface area contributed by atoms with Gasteiger partial charge in [-0.15, -0.1) is 0 Å². The Balaban J connectivity index is 2.45. The van der Waals surface area contributed by atoms with Gasteiger partial charge in [0.05, 0.1) is 5.02 Å². The van der Waals surface area contributed by atoms with Gasteiger partial charge in [-0.2, -0.15) is 0 Å². The molecule has 0 aliphatic carbocycles. The average Bonchev–Trinajstić information content (AvgIpc) is 2.44. The van der Waals surface area contributed by atoms with Crippen LogP contribution >= 0.6 is 11.6 Å². The number of rotatable bonds is 3. The number of benzene rings is 1. The summed E-state index contributed by atoms with van der Waals surface area (Å²) in [5.74, 6) is 0.0256. The molecule has 1 aromatic heterocycles. The molecule has 0 saturated heterocycles. The van der Waals surface area contributed by atoms with E-state index in [4.69, 9.17) is 17.3 Å². The Morgan fingerprint density at radius 1 is 1.30 bits per heavy atom. The predicted molar refractivity (Wildman–Crippen MR) is 82.2 cm³/mol. The Morgan fingerprint density at radius 2 is 2.00 bits per heavy atom. The molecule has 5 heteroatoms. The first kappa shape index (κ1) is 14.3. The Bertz CT molecular complexity index is 643. The molecular weight excluding hydrogens is 274 g/mol. The minimum atomic E-state index is -0.251. The topological polar surface area (TPSA) is 59.2 Å². The molecule has 0 fully saturated rings. The maximum Gasteiger partial charge on any atom is 0.278 e. The Morgan fingerprint density at radius 3 is 2.65 bits per heavy atom. The fourth-order valence-corrected chi connectivity index (χ4v) is 2.21. The number of amides is 1. The molecule has 1 aromatic carbocycles. The van der Waals surface area contributed by atoms with Crippen molar-refractivity contribution in [2.45, 2.75) is 13.8 Å². The van der Waals surface area contributed by atoms with Crippen molar-refractivity contribution in [2.75, 3.05) is 17.2 Å². The minimum absolute atomic E-state index is 0.178. The van der Waals surface area contributed by atoms with Crippen LogP contribution in [0.15, 0.2) is 36.4 Å². The van der Waals surface area contributed by atoms with Crippen molar-refractivity contribution in [3.63, 3.8) is 0 Å². The molecule has 0 aliphatic heterocycles. The van der Waals surface area contributed by atoms with Crippen molar-refractivity contribution < 1.29 is 4.79 Å². The van der Waals surface area contributed by atoms with Gasteiger partial charge in [-0.05, 0) is 37.6 Å².